The first kappa shape index (κ1) is 14.6. The molecule has 0 unspecified atom stereocenters. The van der Waals surface area contributed by atoms with E-state index in [1.165, 1.54) is 0 Å². The van der Waals surface area contributed by atoms with E-state index in [-0.39, 0.29) is 6.61 Å². The van der Waals surface area contributed by atoms with Gasteiger partial charge in [-0.25, -0.2) is 9.97 Å². The van der Waals surface area contributed by atoms with E-state index in [2.05, 4.69) is 20.1 Å². The Morgan fingerprint density at radius 2 is 2.12 bits per heavy atom. The molecule has 3 heterocycles. The minimum Gasteiger partial charge on any atom is -0.396 e. The lowest BCUT2D eigenvalue weighted by atomic mass is 10.1. The van der Waals surface area contributed by atoms with Crippen LogP contribution in [0.1, 0.15) is 12.2 Å². The van der Waals surface area contributed by atoms with Crippen LogP contribution in [0.2, 0.25) is 0 Å². The summed E-state index contributed by atoms with van der Waals surface area (Å²) in [6, 6.07) is 8.02. The SMILES string of the molecule is Cn1nccc1-c1ccc2c(c1)nc(N)c1[nH]c(CCCO)nc12. The molecule has 0 fully saturated rings. The number of H-pyrrole nitrogens is 1. The van der Waals surface area contributed by atoms with E-state index in [0.29, 0.717) is 18.7 Å². The molecule has 0 saturated heterocycles. The number of anilines is 1. The Balaban J connectivity index is 1.89. The normalized spacial score (nSPS) is 11.6. The Morgan fingerprint density at radius 1 is 1.25 bits per heavy atom. The maximum atomic E-state index is 8.99. The largest absolute Gasteiger partial charge is 0.396 e. The van der Waals surface area contributed by atoms with Crippen LogP contribution in [0.25, 0.3) is 33.2 Å². The zero-order valence-corrected chi connectivity index (χ0v) is 13.3. The van der Waals surface area contributed by atoms with Gasteiger partial charge in [-0.2, -0.15) is 5.10 Å². The van der Waals surface area contributed by atoms with Crippen molar-refractivity contribution in [1.29, 1.82) is 0 Å². The summed E-state index contributed by atoms with van der Waals surface area (Å²) in [4.78, 5) is 12.4. The Kier molecular flexibility index (Phi) is 3.42. The van der Waals surface area contributed by atoms with Crippen molar-refractivity contribution in [3.8, 4) is 11.3 Å². The Hall–Kier alpha value is -2.93. The molecule has 0 amide bonds. The third-order valence-electron chi connectivity index (χ3n) is 4.19. The second kappa shape index (κ2) is 5.61. The van der Waals surface area contributed by atoms with Gasteiger partial charge in [-0.05, 0) is 24.6 Å². The third-order valence-corrected chi connectivity index (χ3v) is 4.19. The number of hydrogen-bond acceptors (Lipinski definition) is 5. The number of rotatable bonds is 4. The molecule has 0 radical (unpaired) electrons. The highest BCUT2D eigenvalue weighted by molar-refractivity contribution is 6.07. The minimum atomic E-state index is 0.138. The van der Waals surface area contributed by atoms with Crippen molar-refractivity contribution in [1.82, 2.24) is 24.7 Å². The van der Waals surface area contributed by atoms with Crippen LogP contribution in [-0.2, 0) is 13.5 Å². The van der Waals surface area contributed by atoms with Crippen LogP contribution in [0, 0.1) is 0 Å². The Labute approximate surface area is 138 Å². The average molecular weight is 322 g/mol. The zero-order valence-electron chi connectivity index (χ0n) is 13.3. The number of nitrogens with zero attached hydrogens (tertiary/aromatic N) is 4. The number of aromatic amines is 1. The third kappa shape index (κ3) is 2.30. The van der Waals surface area contributed by atoms with Crippen molar-refractivity contribution in [3.05, 3.63) is 36.3 Å². The van der Waals surface area contributed by atoms with Crippen molar-refractivity contribution in [3.63, 3.8) is 0 Å². The highest BCUT2D eigenvalue weighted by Gasteiger charge is 2.13. The molecule has 122 valence electrons. The van der Waals surface area contributed by atoms with Gasteiger partial charge in [0, 0.05) is 37.2 Å². The van der Waals surface area contributed by atoms with Gasteiger partial charge < -0.3 is 15.8 Å². The smallest absolute Gasteiger partial charge is 0.150 e. The van der Waals surface area contributed by atoms with Crippen LogP contribution in [0.4, 0.5) is 5.82 Å². The van der Waals surface area contributed by atoms with Crippen LogP contribution in [-0.4, -0.2) is 36.4 Å². The maximum Gasteiger partial charge on any atom is 0.150 e. The number of aliphatic hydroxyl groups is 1. The first-order valence-corrected chi connectivity index (χ1v) is 7.84. The fourth-order valence-electron chi connectivity index (χ4n) is 2.99. The topological polar surface area (TPSA) is 106 Å². The number of imidazole rings is 1. The van der Waals surface area contributed by atoms with Gasteiger partial charge in [0.1, 0.15) is 22.7 Å². The van der Waals surface area contributed by atoms with Gasteiger partial charge in [-0.1, -0.05) is 6.07 Å². The summed E-state index contributed by atoms with van der Waals surface area (Å²) in [6.45, 7) is 0.138. The van der Waals surface area contributed by atoms with Crippen molar-refractivity contribution < 1.29 is 5.11 Å². The summed E-state index contributed by atoms with van der Waals surface area (Å²) >= 11 is 0. The van der Waals surface area contributed by atoms with Crippen LogP contribution >= 0.6 is 0 Å². The molecule has 0 aliphatic carbocycles. The van der Waals surface area contributed by atoms with E-state index >= 15 is 0 Å². The number of benzene rings is 1. The fourth-order valence-corrected chi connectivity index (χ4v) is 2.99. The molecule has 4 aromatic rings. The fraction of sp³-hybridized carbons (Fsp3) is 0.235. The van der Waals surface area contributed by atoms with Crippen LogP contribution in [0.5, 0.6) is 0 Å². The number of nitrogens with two attached hydrogens (primary N) is 1. The van der Waals surface area contributed by atoms with Gasteiger partial charge in [-0.15, -0.1) is 0 Å². The lowest BCUT2D eigenvalue weighted by molar-refractivity contribution is 0.287. The molecular formula is C17H18N6O. The number of aryl methyl sites for hydroxylation is 2. The Morgan fingerprint density at radius 3 is 2.88 bits per heavy atom. The van der Waals surface area contributed by atoms with Gasteiger partial charge in [0.15, 0.2) is 0 Å². The van der Waals surface area contributed by atoms with E-state index in [0.717, 1.165) is 39.0 Å². The summed E-state index contributed by atoms with van der Waals surface area (Å²) in [6.07, 6.45) is 3.11. The number of nitrogen functional groups attached to an aromatic ring is 1. The molecule has 0 spiro atoms. The molecular weight excluding hydrogens is 304 g/mol. The molecule has 4 N–H and O–H groups in total. The second-order valence-corrected chi connectivity index (χ2v) is 5.80. The molecule has 0 bridgehead atoms. The van der Waals surface area contributed by atoms with Crippen LogP contribution in [0.3, 0.4) is 0 Å². The molecule has 1 aromatic carbocycles. The highest BCUT2D eigenvalue weighted by Crippen LogP contribution is 2.29. The second-order valence-electron chi connectivity index (χ2n) is 5.80. The van der Waals surface area contributed by atoms with Gasteiger partial charge in [0.25, 0.3) is 0 Å². The van der Waals surface area contributed by atoms with Gasteiger partial charge in [0.05, 0.1) is 11.2 Å². The minimum absolute atomic E-state index is 0.138. The molecule has 0 aliphatic rings. The van der Waals surface area contributed by atoms with E-state index in [1.807, 2.05) is 36.0 Å². The summed E-state index contributed by atoms with van der Waals surface area (Å²) in [5.74, 6) is 1.25. The van der Waals surface area contributed by atoms with Gasteiger partial charge >= 0.3 is 0 Å². The van der Waals surface area contributed by atoms with E-state index in [4.69, 9.17) is 10.8 Å². The van der Waals surface area contributed by atoms with Gasteiger partial charge in [0.2, 0.25) is 0 Å². The van der Waals surface area contributed by atoms with Crippen molar-refractivity contribution in [2.45, 2.75) is 12.8 Å². The number of pyridine rings is 1. The van der Waals surface area contributed by atoms with Crippen molar-refractivity contribution >= 4 is 27.8 Å². The van der Waals surface area contributed by atoms with Gasteiger partial charge in [-0.3, -0.25) is 4.68 Å². The number of hydrogen-bond donors (Lipinski definition) is 3. The first-order valence-electron chi connectivity index (χ1n) is 7.84. The van der Waals surface area contributed by atoms with Crippen molar-refractivity contribution in [2.75, 3.05) is 12.3 Å². The van der Waals surface area contributed by atoms with Crippen LogP contribution in [0.15, 0.2) is 30.5 Å². The summed E-state index contributed by atoms with van der Waals surface area (Å²) in [5.41, 5.74) is 10.5. The standard InChI is InChI=1S/C17H18N6O/c1-23-13(6-7-19-23)10-4-5-11-12(9-10)20-17(18)16-15(11)21-14(22-16)3-2-8-24/h4-7,9,24H,2-3,8H2,1H3,(H2,18,20)(H,21,22). The van der Waals surface area contributed by atoms with E-state index in [1.54, 1.807) is 6.20 Å². The number of aliphatic hydroxyl groups excluding tert-OH is 1. The molecule has 4 rings (SSSR count). The average Bonchev–Trinajstić information content (AvgIpc) is 3.19. The molecule has 7 nitrogen and oxygen atoms in total. The molecule has 0 aliphatic heterocycles. The predicted molar refractivity (Wildman–Crippen MR) is 93.4 cm³/mol. The summed E-state index contributed by atoms with van der Waals surface area (Å²) < 4.78 is 1.82. The zero-order chi connectivity index (χ0) is 16.7. The molecule has 0 saturated carbocycles. The molecule has 24 heavy (non-hydrogen) atoms. The van der Waals surface area contributed by atoms with E-state index in [9.17, 15) is 0 Å². The summed E-state index contributed by atoms with van der Waals surface area (Å²) in [7, 11) is 1.91. The first-order chi connectivity index (χ1) is 11.7. The molecule has 7 heteroatoms. The Bertz CT molecular complexity index is 1030. The summed E-state index contributed by atoms with van der Waals surface area (Å²) in [5, 5.41) is 14.1. The monoisotopic (exact) mass is 322 g/mol. The number of aromatic nitrogens is 5. The lowest BCUT2D eigenvalue weighted by Crippen LogP contribution is -1.95. The number of nitrogens with one attached hydrogen (secondary N) is 1. The number of fused-ring (bicyclic) bond motifs is 3. The molecule has 0 atom stereocenters. The quantitative estimate of drug-likeness (QED) is 0.533. The molecule has 3 aromatic heterocycles. The predicted octanol–water partition coefficient (Wildman–Crippen LogP) is 2.02. The maximum absolute atomic E-state index is 8.99. The van der Waals surface area contributed by atoms with Crippen molar-refractivity contribution in [2.24, 2.45) is 7.05 Å². The lowest BCUT2D eigenvalue weighted by Gasteiger charge is -2.05. The van der Waals surface area contributed by atoms with E-state index < -0.39 is 0 Å². The highest BCUT2D eigenvalue weighted by atomic mass is 16.2. The van der Waals surface area contributed by atoms with Crippen LogP contribution < -0.4 is 5.73 Å².